The van der Waals surface area contributed by atoms with E-state index in [9.17, 15) is 29.1 Å². The number of carbonyl (C=O) groups is 5. The molecule has 192 valence electrons. The number of aliphatic carboxylic acids is 1. The molecule has 0 saturated carbocycles. The zero-order valence-electron chi connectivity index (χ0n) is 19.4. The molecule has 1 heterocycles. The molecular formula is C20H35N7O7. The monoisotopic (exact) mass is 485 g/mol. The lowest BCUT2D eigenvalue weighted by Crippen LogP contribution is -2.59. The first-order chi connectivity index (χ1) is 15.8. The zero-order chi connectivity index (χ0) is 26.0. The Morgan fingerprint density at radius 3 is 2.32 bits per heavy atom. The molecule has 0 aromatic heterocycles. The van der Waals surface area contributed by atoms with Gasteiger partial charge in [0.05, 0.1) is 24.6 Å². The number of ketones is 1. The van der Waals surface area contributed by atoms with E-state index in [-0.39, 0.29) is 31.1 Å². The van der Waals surface area contributed by atoms with Crippen molar-refractivity contribution in [2.75, 3.05) is 13.1 Å². The second-order valence-electron chi connectivity index (χ2n) is 8.24. The molecule has 1 fully saturated rings. The highest BCUT2D eigenvalue weighted by molar-refractivity contribution is 5.95. The van der Waals surface area contributed by atoms with Crippen LogP contribution in [0.4, 0.5) is 0 Å². The van der Waals surface area contributed by atoms with E-state index in [2.05, 4.69) is 15.6 Å². The smallest absolute Gasteiger partial charge is 0.305 e. The van der Waals surface area contributed by atoms with Crippen LogP contribution in [0, 0.1) is 0 Å². The van der Waals surface area contributed by atoms with E-state index in [0.29, 0.717) is 19.4 Å². The van der Waals surface area contributed by atoms with Crippen LogP contribution in [0.1, 0.15) is 46.0 Å². The summed E-state index contributed by atoms with van der Waals surface area (Å²) in [5, 5.41) is 23.8. The predicted octanol–water partition coefficient (Wildman–Crippen LogP) is -3.23. The van der Waals surface area contributed by atoms with E-state index in [0.717, 1.165) is 0 Å². The summed E-state index contributed by atoms with van der Waals surface area (Å²) in [6.45, 7) is 3.15. The lowest BCUT2D eigenvalue weighted by Gasteiger charge is -2.30. The molecule has 0 aliphatic carbocycles. The highest BCUT2D eigenvalue weighted by Crippen LogP contribution is 2.20. The van der Waals surface area contributed by atoms with Gasteiger partial charge in [-0.05, 0) is 39.5 Å². The van der Waals surface area contributed by atoms with Gasteiger partial charge in [0.15, 0.2) is 11.7 Å². The maximum atomic E-state index is 13.0. The first-order valence-corrected chi connectivity index (χ1v) is 11.0. The van der Waals surface area contributed by atoms with Crippen molar-refractivity contribution in [3.63, 3.8) is 0 Å². The third kappa shape index (κ3) is 8.94. The Hall–Kier alpha value is -3.26. The Labute approximate surface area is 197 Å². The number of rotatable bonds is 13. The molecule has 0 radical (unpaired) electrons. The molecule has 14 heteroatoms. The fourth-order valence-electron chi connectivity index (χ4n) is 3.61. The molecule has 5 atom stereocenters. The summed E-state index contributed by atoms with van der Waals surface area (Å²) < 4.78 is 0. The molecule has 1 rings (SSSR count). The van der Waals surface area contributed by atoms with Gasteiger partial charge in [0.25, 0.3) is 0 Å². The first-order valence-electron chi connectivity index (χ1n) is 11.0. The summed E-state index contributed by atoms with van der Waals surface area (Å²) >= 11 is 0. The van der Waals surface area contributed by atoms with Gasteiger partial charge in [0, 0.05) is 13.1 Å². The Bertz CT molecular complexity index is 798. The molecule has 1 aliphatic heterocycles. The number of carboxylic acids is 1. The maximum Gasteiger partial charge on any atom is 0.305 e. The van der Waals surface area contributed by atoms with Crippen molar-refractivity contribution < 1.29 is 34.2 Å². The van der Waals surface area contributed by atoms with Crippen molar-refractivity contribution in [3.8, 4) is 0 Å². The third-order valence-corrected chi connectivity index (χ3v) is 5.36. The molecule has 14 nitrogen and oxygen atoms in total. The lowest BCUT2D eigenvalue weighted by atomic mass is 10.1. The SMILES string of the molecule is CC(=O)C1CCCN1C(=O)C(NC(=O)C(CCCN=C(N)N)NC(=O)C(N)CC(=O)O)C(C)O. The van der Waals surface area contributed by atoms with Crippen LogP contribution in [0.3, 0.4) is 0 Å². The number of Topliss-reactive ketones (excluding diaryl/α,β-unsaturated/α-hetero) is 1. The molecule has 34 heavy (non-hydrogen) atoms. The van der Waals surface area contributed by atoms with Gasteiger partial charge in [0.1, 0.15) is 12.1 Å². The molecule has 5 unspecified atom stereocenters. The molecule has 1 saturated heterocycles. The van der Waals surface area contributed by atoms with Crippen LogP contribution in [0.5, 0.6) is 0 Å². The Kier molecular flexibility index (Phi) is 11.4. The van der Waals surface area contributed by atoms with Crippen molar-refractivity contribution in [2.45, 2.75) is 76.2 Å². The Morgan fingerprint density at radius 2 is 1.79 bits per heavy atom. The van der Waals surface area contributed by atoms with Crippen molar-refractivity contribution in [2.24, 2.45) is 22.2 Å². The van der Waals surface area contributed by atoms with Gasteiger partial charge in [-0.2, -0.15) is 0 Å². The normalized spacial score (nSPS) is 18.8. The standard InChI is InChI=1S/C20H35N7O7/c1-10(28)14-6-4-8-27(14)19(34)16(11(2)29)26-18(33)13(5-3-7-24-20(22)23)25-17(32)12(21)9-15(30)31/h11-14,16,29H,3-9,21H2,1-2H3,(H,25,32)(H,26,33)(H,30,31)(H4,22,23,24). The highest BCUT2D eigenvalue weighted by Gasteiger charge is 2.38. The number of carbonyl (C=O) groups excluding carboxylic acids is 4. The quantitative estimate of drug-likeness (QED) is 0.0781. The van der Waals surface area contributed by atoms with Gasteiger partial charge in [0.2, 0.25) is 17.7 Å². The molecule has 3 amide bonds. The summed E-state index contributed by atoms with van der Waals surface area (Å²) in [6, 6.07) is -4.61. The summed E-state index contributed by atoms with van der Waals surface area (Å²) in [5.74, 6) is -3.92. The van der Waals surface area contributed by atoms with Crippen LogP contribution in [0.15, 0.2) is 4.99 Å². The number of amides is 3. The molecule has 1 aliphatic rings. The summed E-state index contributed by atoms with van der Waals surface area (Å²) in [6.07, 6.45) is -0.541. The van der Waals surface area contributed by atoms with Gasteiger partial charge >= 0.3 is 5.97 Å². The van der Waals surface area contributed by atoms with Crippen molar-refractivity contribution in [1.29, 1.82) is 0 Å². The average Bonchev–Trinajstić information content (AvgIpc) is 3.22. The van der Waals surface area contributed by atoms with Crippen LogP contribution < -0.4 is 27.8 Å². The minimum atomic E-state index is -1.40. The number of nitrogens with zero attached hydrogens (tertiary/aromatic N) is 2. The average molecular weight is 486 g/mol. The number of carboxylic acid groups (broad SMARTS) is 1. The van der Waals surface area contributed by atoms with Crippen LogP contribution in [-0.4, -0.2) is 93.9 Å². The fourth-order valence-corrected chi connectivity index (χ4v) is 3.61. The molecule has 0 bridgehead atoms. The second kappa shape index (κ2) is 13.4. The van der Waals surface area contributed by atoms with E-state index in [1.807, 2.05) is 0 Å². The van der Waals surface area contributed by atoms with Gasteiger partial charge < -0.3 is 42.9 Å². The number of aliphatic hydroxyl groups is 1. The van der Waals surface area contributed by atoms with Gasteiger partial charge in [-0.15, -0.1) is 0 Å². The summed E-state index contributed by atoms with van der Waals surface area (Å²) in [4.78, 5) is 66.1. The number of guanidine groups is 1. The van der Waals surface area contributed by atoms with E-state index in [1.54, 1.807) is 0 Å². The van der Waals surface area contributed by atoms with Crippen LogP contribution in [0.25, 0.3) is 0 Å². The van der Waals surface area contributed by atoms with E-state index < -0.39 is 60.4 Å². The largest absolute Gasteiger partial charge is 0.481 e. The number of hydrogen-bond donors (Lipinski definition) is 7. The zero-order valence-corrected chi connectivity index (χ0v) is 19.4. The van der Waals surface area contributed by atoms with E-state index in [1.165, 1.54) is 18.7 Å². The number of aliphatic imine (C=N–C) groups is 1. The predicted molar refractivity (Wildman–Crippen MR) is 121 cm³/mol. The number of aliphatic hydroxyl groups excluding tert-OH is 1. The highest BCUT2D eigenvalue weighted by atomic mass is 16.4. The summed E-state index contributed by atoms with van der Waals surface area (Å²) in [7, 11) is 0. The first kappa shape index (κ1) is 28.8. The summed E-state index contributed by atoms with van der Waals surface area (Å²) in [5.41, 5.74) is 16.1. The van der Waals surface area contributed by atoms with E-state index >= 15 is 0 Å². The molecular weight excluding hydrogens is 450 g/mol. The number of nitrogens with two attached hydrogens (primary N) is 3. The third-order valence-electron chi connectivity index (χ3n) is 5.36. The van der Waals surface area contributed by atoms with Crippen LogP contribution in [-0.2, 0) is 24.0 Å². The lowest BCUT2D eigenvalue weighted by molar-refractivity contribution is -0.143. The number of hydrogen-bond acceptors (Lipinski definition) is 8. The van der Waals surface area contributed by atoms with Crippen molar-refractivity contribution in [1.82, 2.24) is 15.5 Å². The van der Waals surface area contributed by atoms with Crippen LogP contribution in [0.2, 0.25) is 0 Å². The topological polar surface area (TPSA) is 244 Å². The van der Waals surface area contributed by atoms with Gasteiger partial charge in [-0.1, -0.05) is 0 Å². The Morgan fingerprint density at radius 1 is 1.15 bits per heavy atom. The number of likely N-dealkylation sites (tertiary alicyclic amines) is 1. The van der Waals surface area contributed by atoms with Crippen molar-refractivity contribution >= 4 is 35.4 Å². The minimum absolute atomic E-state index is 0.0364. The van der Waals surface area contributed by atoms with E-state index in [4.69, 9.17) is 22.3 Å². The van der Waals surface area contributed by atoms with Crippen molar-refractivity contribution in [3.05, 3.63) is 0 Å². The molecule has 0 spiro atoms. The van der Waals surface area contributed by atoms with Gasteiger partial charge in [-0.25, -0.2) is 0 Å². The molecule has 0 aromatic rings. The maximum absolute atomic E-state index is 13.0. The minimum Gasteiger partial charge on any atom is -0.481 e. The Balaban J connectivity index is 2.99. The van der Waals surface area contributed by atoms with Crippen LogP contribution >= 0.6 is 0 Å². The number of nitrogens with one attached hydrogen (secondary N) is 2. The second-order valence-corrected chi connectivity index (χ2v) is 8.24. The molecule has 0 aromatic carbocycles. The molecule has 10 N–H and O–H groups in total. The fraction of sp³-hybridized carbons (Fsp3) is 0.700. The van der Waals surface area contributed by atoms with Gasteiger partial charge in [-0.3, -0.25) is 29.0 Å².